The maximum Gasteiger partial charge on any atom is 0.274 e. The lowest BCUT2D eigenvalue weighted by Gasteiger charge is -2.17. The molecule has 1 aromatic heterocycles. The van der Waals surface area contributed by atoms with Gasteiger partial charge in [0.05, 0.1) is 6.54 Å². The van der Waals surface area contributed by atoms with Crippen molar-refractivity contribution < 1.29 is 9.53 Å². The molecule has 6 nitrogen and oxygen atoms in total. The molecule has 1 aromatic carbocycles. The third kappa shape index (κ3) is 3.92. The predicted octanol–water partition coefficient (Wildman–Crippen LogP) is 1.23. The number of amides is 1. The van der Waals surface area contributed by atoms with Crippen LogP contribution in [0.5, 0.6) is 5.75 Å². The zero-order chi connectivity index (χ0) is 15.2. The Bertz CT molecular complexity index is 661. The summed E-state index contributed by atoms with van der Waals surface area (Å²) in [5.74, 6) is 0.542. The Morgan fingerprint density at radius 1 is 1.29 bits per heavy atom. The molecule has 0 fully saturated rings. The summed E-state index contributed by atoms with van der Waals surface area (Å²) in [6.07, 6.45) is 0. The van der Waals surface area contributed by atoms with E-state index in [-0.39, 0.29) is 17.2 Å². The summed E-state index contributed by atoms with van der Waals surface area (Å²) >= 11 is 0. The highest BCUT2D eigenvalue weighted by atomic mass is 16.5. The van der Waals surface area contributed by atoms with Gasteiger partial charge in [0.25, 0.3) is 11.5 Å². The minimum absolute atomic E-state index is 0.202. The molecular weight excluding hydrogens is 270 g/mol. The van der Waals surface area contributed by atoms with E-state index in [1.165, 1.54) is 17.0 Å². The summed E-state index contributed by atoms with van der Waals surface area (Å²) < 4.78 is 5.64. The first-order valence-corrected chi connectivity index (χ1v) is 6.57. The van der Waals surface area contributed by atoms with Crippen molar-refractivity contribution in [3.05, 3.63) is 58.0 Å². The summed E-state index contributed by atoms with van der Waals surface area (Å²) in [6, 6.07) is 10.4. The number of aromatic amines is 1. The SMILES string of the molecule is Cc1ccccc1OCCN(C)C(=O)c1ccc(=O)[nH]n1. The summed E-state index contributed by atoms with van der Waals surface area (Å²) in [5, 5.41) is 5.95. The summed E-state index contributed by atoms with van der Waals surface area (Å²) in [7, 11) is 1.66. The van der Waals surface area contributed by atoms with Crippen molar-refractivity contribution in [2.45, 2.75) is 6.92 Å². The van der Waals surface area contributed by atoms with Gasteiger partial charge in [-0.15, -0.1) is 0 Å². The Morgan fingerprint density at radius 3 is 2.71 bits per heavy atom. The Kier molecular flexibility index (Phi) is 4.71. The normalized spacial score (nSPS) is 10.2. The van der Waals surface area contributed by atoms with Gasteiger partial charge < -0.3 is 9.64 Å². The van der Waals surface area contributed by atoms with Crippen LogP contribution in [0.25, 0.3) is 0 Å². The first-order valence-electron chi connectivity index (χ1n) is 6.57. The molecule has 0 aliphatic heterocycles. The number of rotatable bonds is 5. The smallest absolute Gasteiger partial charge is 0.274 e. The fourth-order valence-corrected chi connectivity index (χ4v) is 1.77. The fraction of sp³-hybridized carbons (Fsp3) is 0.267. The Morgan fingerprint density at radius 2 is 2.05 bits per heavy atom. The molecule has 0 atom stereocenters. The van der Waals surface area contributed by atoms with Crippen molar-refractivity contribution in [3.63, 3.8) is 0 Å². The number of aryl methyl sites for hydroxylation is 1. The molecule has 0 saturated heterocycles. The van der Waals surface area contributed by atoms with Gasteiger partial charge in [0, 0.05) is 13.1 Å². The number of para-hydroxylation sites is 1. The van der Waals surface area contributed by atoms with E-state index in [1.54, 1.807) is 7.05 Å². The number of hydrogen-bond donors (Lipinski definition) is 1. The van der Waals surface area contributed by atoms with Crippen LogP contribution in [0.15, 0.2) is 41.2 Å². The van der Waals surface area contributed by atoms with E-state index in [2.05, 4.69) is 10.2 Å². The molecule has 0 aliphatic carbocycles. The molecule has 6 heteroatoms. The van der Waals surface area contributed by atoms with Crippen molar-refractivity contribution in [3.8, 4) is 5.75 Å². The van der Waals surface area contributed by atoms with Gasteiger partial charge in [-0.1, -0.05) is 18.2 Å². The van der Waals surface area contributed by atoms with Crippen molar-refractivity contribution in [1.29, 1.82) is 0 Å². The minimum Gasteiger partial charge on any atom is -0.491 e. The summed E-state index contributed by atoms with van der Waals surface area (Å²) in [5.41, 5.74) is 0.916. The molecule has 21 heavy (non-hydrogen) atoms. The second-order valence-electron chi connectivity index (χ2n) is 4.65. The number of likely N-dealkylation sites (N-methyl/N-ethyl adjacent to an activating group) is 1. The molecule has 0 bridgehead atoms. The number of carbonyl (C=O) groups excluding carboxylic acids is 1. The highest BCUT2D eigenvalue weighted by Crippen LogP contribution is 2.15. The van der Waals surface area contributed by atoms with Crippen LogP contribution in [0, 0.1) is 6.92 Å². The Hall–Kier alpha value is -2.63. The lowest BCUT2D eigenvalue weighted by Crippen LogP contribution is -2.32. The number of nitrogens with one attached hydrogen (secondary N) is 1. The van der Waals surface area contributed by atoms with Crippen LogP contribution in [0.2, 0.25) is 0 Å². The van der Waals surface area contributed by atoms with Gasteiger partial charge in [-0.3, -0.25) is 9.59 Å². The van der Waals surface area contributed by atoms with Gasteiger partial charge >= 0.3 is 0 Å². The van der Waals surface area contributed by atoms with E-state index in [1.807, 2.05) is 31.2 Å². The third-order valence-electron chi connectivity index (χ3n) is 3.02. The van der Waals surface area contributed by atoms with E-state index in [9.17, 15) is 9.59 Å². The largest absolute Gasteiger partial charge is 0.491 e. The molecule has 0 spiro atoms. The number of nitrogens with zero attached hydrogens (tertiary/aromatic N) is 2. The van der Waals surface area contributed by atoms with Crippen molar-refractivity contribution in [2.75, 3.05) is 20.2 Å². The lowest BCUT2D eigenvalue weighted by molar-refractivity contribution is 0.0766. The fourth-order valence-electron chi connectivity index (χ4n) is 1.77. The van der Waals surface area contributed by atoms with Gasteiger partial charge in [0.1, 0.15) is 18.1 Å². The van der Waals surface area contributed by atoms with E-state index < -0.39 is 0 Å². The van der Waals surface area contributed by atoms with Gasteiger partial charge in [0.15, 0.2) is 0 Å². The van der Waals surface area contributed by atoms with Crippen LogP contribution >= 0.6 is 0 Å². The number of ether oxygens (including phenoxy) is 1. The second-order valence-corrected chi connectivity index (χ2v) is 4.65. The lowest BCUT2D eigenvalue weighted by atomic mass is 10.2. The highest BCUT2D eigenvalue weighted by molar-refractivity contribution is 5.91. The molecule has 0 unspecified atom stereocenters. The number of carbonyl (C=O) groups is 1. The molecule has 110 valence electrons. The van der Waals surface area contributed by atoms with Gasteiger partial charge in [-0.25, -0.2) is 5.10 Å². The molecule has 1 N–H and O–H groups in total. The van der Waals surface area contributed by atoms with Crippen molar-refractivity contribution in [1.82, 2.24) is 15.1 Å². The van der Waals surface area contributed by atoms with Gasteiger partial charge in [0.2, 0.25) is 0 Å². The maximum atomic E-state index is 12.1. The van der Waals surface area contributed by atoms with Crippen LogP contribution in [0.1, 0.15) is 16.1 Å². The average Bonchev–Trinajstić information content (AvgIpc) is 2.49. The molecule has 1 amide bonds. The van der Waals surface area contributed by atoms with E-state index in [0.717, 1.165) is 11.3 Å². The average molecular weight is 287 g/mol. The first kappa shape index (κ1) is 14.8. The Balaban J connectivity index is 1.88. The van der Waals surface area contributed by atoms with Gasteiger partial charge in [-0.2, -0.15) is 5.10 Å². The third-order valence-corrected chi connectivity index (χ3v) is 3.02. The van der Waals surface area contributed by atoms with Crippen LogP contribution in [-0.4, -0.2) is 41.2 Å². The van der Waals surface area contributed by atoms with Crippen LogP contribution < -0.4 is 10.3 Å². The quantitative estimate of drug-likeness (QED) is 0.897. The molecule has 0 aliphatic rings. The number of H-pyrrole nitrogens is 1. The molecule has 1 heterocycles. The molecule has 0 saturated carbocycles. The van der Waals surface area contributed by atoms with Crippen molar-refractivity contribution in [2.24, 2.45) is 0 Å². The number of benzene rings is 1. The molecular formula is C15H17N3O3. The monoisotopic (exact) mass is 287 g/mol. The standard InChI is InChI=1S/C15H17N3O3/c1-11-5-3-4-6-13(11)21-10-9-18(2)15(20)12-7-8-14(19)17-16-12/h3-8H,9-10H2,1-2H3,(H,17,19). The van der Waals surface area contributed by atoms with E-state index in [0.29, 0.717) is 13.2 Å². The zero-order valence-corrected chi connectivity index (χ0v) is 12.0. The van der Waals surface area contributed by atoms with Crippen molar-refractivity contribution >= 4 is 5.91 Å². The van der Waals surface area contributed by atoms with E-state index in [4.69, 9.17) is 4.74 Å². The Labute approximate surface area is 122 Å². The summed E-state index contributed by atoms with van der Waals surface area (Å²) in [4.78, 5) is 24.5. The first-order chi connectivity index (χ1) is 10.1. The van der Waals surface area contributed by atoms with Crippen LogP contribution in [-0.2, 0) is 0 Å². The molecule has 2 rings (SSSR count). The summed E-state index contributed by atoms with van der Waals surface area (Å²) in [6.45, 7) is 2.78. The highest BCUT2D eigenvalue weighted by Gasteiger charge is 2.13. The second kappa shape index (κ2) is 6.69. The van der Waals surface area contributed by atoms with E-state index >= 15 is 0 Å². The molecule has 0 radical (unpaired) electrons. The predicted molar refractivity (Wildman–Crippen MR) is 78.5 cm³/mol. The van der Waals surface area contributed by atoms with Gasteiger partial charge in [-0.05, 0) is 24.6 Å². The zero-order valence-electron chi connectivity index (χ0n) is 12.0. The van der Waals surface area contributed by atoms with Crippen LogP contribution in [0.3, 0.4) is 0 Å². The maximum absolute atomic E-state index is 12.1. The number of aromatic nitrogens is 2. The number of hydrogen-bond acceptors (Lipinski definition) is 4. The molecule has 2 aromatic rings. The topological polar surface area (TPSA) is 75.3 Å². The minimum atomic E-state index is -0.336. The van der Waals surface area contributed by atoms with Crippen LogP contribution in [0.4, 0.5) is 0 Å².